The largest absolute Gasteiger partial charge is 0.373 e. The predicted molar refractivity (Wildman–Crippen MR) is 118 cm³/mol. The van der Waals surface area contributed by atoms with Crippen LogP contribution in [-0.2, 0) is 11.2 Å². The van der Waals surface area contributed by atoms with Gasteiger partial charge in [-0.3, -0.25) is 9.48 Å². The minimum Gasteiger partial charge on any atom is -0.373 e. The molecule has 0 bridgehead atoms. The smallest absolute Gasteiger partial charge is 0.223 e. The molecule has 4 rings (SSSR count). The molecule has 3 heterocycles. The zero-order chi connectivity index (χ0) is 20.7. The average molecular weight is 411 g/mol. The second kappa shape index (κ2) is 7.59. The number of pyridine rings is 1. The Bertz CT molecular complexity index is 1050. The molecule has 1 aliphatic rings. The van der Waals surface area contributed by atoms with E-state index in [-0.39, 0.29) is 17.9 Å². The van der Waals surface area contributed by atoms with Gasteiger partial charge < -0.3 is 10.6 Å². The van der Waals surface area contributed by atoms with Crippen LogP contribution in [0.15, 0.2) is 18.3 Å². The molecule has 3 aromatic heterocycles. The molecule has 29 heavy (non-hydrogen) atoms. The van der Waals surface area contributed by atoms with E-state index in [0.29, 0.717) is 5.13 Å². The maximum absolute atomic E-state index is 11.5. The SMILES string of the molecule is CCC(C)n1nc(-c2ccc(NC)nc2)c2c1-c1sc(NC(C)=O)nc1CC2C. The number of hydrogen-bond acceptors (Lipinski definition) is 6. The second-order valence-corrected chi connectivity index (χ2v) is 8.58. The fourth-order valence-electron chi connectivity index (χ4n) is 3.80. The van der Waals surface area contributed by atoms with Crippen molar-refractivity contribution in [3.8, 4) is 21.8 Å². The third-order valence-electron chi connectivity index (χ3n) is 5.44. The highest BCUT2D eigenvalue weighted by Crippen LogP contribution is 2.48. The van der Waals surface area contributed by atoms with Gasteiger partial charge in [0.05, 0.1) is 22.0 Å². The predicted octanol–water partition coefficient (Wildman–Crippen LogP) is 4.70. The van der Waals surface area contributed by atoms with E-state index >= 15 is 0 Å². The van der Waals surface area contributed by atoms with E-state index in [1.54, 1.807) is 0 Å². The Morgan fingerprint density at radius 3 is 2.83 bits per heavy atom. The van der Waals surface area contributed by atoms with Crippen LogP contribution in [0.5, 0.6) is 0 Å². The molecule has 0 fully saturated rings. The zero-order valence-corrected chi connectivity index (χ0v) is 18.2. The number of nitrogens with one attached hydrogen (secondary N) is 2. The number of amides is 1. The molecular formula is C21H26N6OS. The number of anilines is 2. The first-order valence-electron chi connectivity index (χ1n) is 9.97. The summed E-state index contributed by atoms with van der Waals surface area (Å²) in [4.78, 5) is 21.8. The van der Waals surface area contributed by atoms with E-state index in [0.717, 1.165) is 46.2 Å². The average Bonchev–Trinajstić information content (AvgIpc) is 3.28. The maximum atomic E-state index is 11.5. The summed E-state index contributed by atoms with van der Waals surface area (Å²) in [5, 5.41) is 11.6. The van der Waals surface area contributed by atoms with Crippen molar-refractivity contribution < 1.29 is 4.79 Å². The van der Waals surface area contributed by atoms with Crippen LogP contribution in [-0.4, -0.2) is 32.7 Å². The van der Waals surface area contributed by atoms with Gasteiger partial charge in [-0.15, -0.1) is 0 Å². The van der Waals surface area contributed by atoms with Gasteiger partial charge in [0, 0.05) is 37.3 Å². The van der Waals surface area contributed by atoms with Crippen molar-refractivity contribution in [3.05, 3.63) is 29.6 Å². The van der Waals surface area contributed by atoms with E-state index in [1.807, 2.05) is 19.3 Å². The quantitative estimate of drug-likeness (QED) is 0.637. The van der Waals surface area contributed by atoms with E-state index in [4.69, 9.17) is 10.1 Å². The number of carbonyl (C=O) groups excluding carboxylic acids is 1. The second-order valence-electron chi connectivity index (χ2n) is 7.58. The highest BCUT2D eigenvalue weighted by Gasteiger charge is 2.34. The summed E-state index contributed by atoms with van der Waals surface area (Å²) < 4.78 is 2.14. The zero-order valence-electron chi connectivity index (χ0n) is 17.4. The minimum atomic E-state index is -0.101. The van der Waals surface area contributed by atoms with Crippen LogP contribution >= 0.6 is 11.3 Å². The Balaban J connectivity index is 1.91. The van der Waals surface area contributed by atoms with Gasteiger partial charge in [-0.2, -0.15) is 5.10 Å². The van der Waals surface area contributed by atoms with Crippen molar-refractivity contribution in [2.75, 3.05) is 17.7 Å². The molecule has 8 heteroatoms. The summed E-state index contributed by atoms with van der Waals surface area (Å²) in [5.74, 6) is 1.01. The molecule has 152 valence electrons. The molecule has 2 N–H and O–H groups in total. The van der Waals surface area contributed by atoms with E-state index in [1.165, 1.54) is 23.8 Å². The third-order valence-corrected chi connectivity index (χ3v) is 6.46. The molecule has 0 radical (unpaired) electrons. The van der Waals surface area contributed by atoms with Crippen LogP contribution in [0.3, 0.4) is 0 Å². The molecule has 1 amide bonds. The van der Waals surface area contributed by atoms with Crippen LogP contribution in [0.25, 0.3) is 21.8 Å². The lowest BCUT2D eigenvalue weighted by atomic mass is 9.86. The number of hydrogen-bond donors (Lipinski definition) is 2. The monoisotopic (exact) mass is 410 g/mol. The number of rotatable bonds is 5. The Morgan fingerprint density at radius 2 is 2.21 bits per heavy atom. The maximum Gasteiger partial charge on any atom is 0.223 e. The number of carbonyl (C=O) groups is 1. The molecule has 2 unspecified atom stereocenters. The van der Waals surface area contributed by atoms with Crippen LogP contribution in [0.1, 0.15) is 57.3 Å². The lowest BCUT2D eigenvalue weighted by Crippen LogP contribution is -2.12. The summed E-state index contributed by atoms with van der Waals surface area (Å²) in [7, 11) is 1.86. The van der Waals surface area contributed by atoms with Crippen molar-refractivity contribution in [2.45, 2.75) is 52.5 Å². The number of aromatic nitrogens is 4. The summed E-state index contributed by atoms with van der Waals surface area (Å²) >= 11 is 1.54. The lowest BCUT2D eigenvalue weighted by Gasteiger charge is -2.21. The van der Waals surface area contributed by atoms with Crippen molar-refractivity contribution in [1.29, 1.82) is 0 Å². The van der Waals surface area contributed by atoms with Crippen LogP contribution in [0.4, 0.5) is 10.9 Å². The molecule has 0 spiro atoms. The van der Waals surface area contributed by atoms with Crippen molar-refractivity contribution >= 4 is 28.2 Å². The molecule has 7 nitrogen and oxygen atoms in total. The van der Waals surface area contributed by atoms with E-state index < -0.39 is 0 Å². The first-order valence-corrected chi connectivity index (χ1v) is 10.8. The van der Waals surface area contributed by atoms with Crippen LogP contribution in [0.2, 0.25) is 0 Å². The molecular weight excluding hydrogens is 384 g/mol. The molecule has 0 saturated heterocycles. The van der Waals surface area contributed by atoms with Gasteiger partial charge >= 0.3 is 0 Å². The summed E-state index contributed by atoms with van der Waals surface area (Å²) in [5.41, 5.74) is 5.43. The van der Waals surface area contributed by atoms with Crippen LogP contribution < -0.4 is 10.6 Å². The lowest BCUT2D eigenvalue weighted by molar-refractivity contribution is -0.114. The minimum absolute atomic E-state index is 0.101. The Hall–Kier alpha value is -2.74. The highest BCUT2D eigenvalue weighted by molar-refractivity contribution is 7.19. The van der Waals surface area contributed by atoms with Gasteiger partial charge in [0.2, 0.25) is 5.91 Å². The van der Waals surface area contributed by atoms with Crippen LogP contribution in [0, 0.1) is 0 Å². The Labute approximate surface area is 174 Å². The first-order chi connectivity index (χ1) is 13.9. The topological polar surface area (TPSA) is 84.7 Å². The molecule has 0 saturated carbocycles. The number of nitrogens with zero attached hydrogens (tertiary/aromatic N) is 4. The number of fused-ring (bicyclic) bond motifs is 3. The molecule has 0 aromatic carbocycles. The summed E-state index contributed by atoms with van der Waals surface area (Å²) in [6, 6.07) is 4.30. The molecule has 1 aliphatic carbocycles. The van der Waals surface area contributed by atoms with Crippen molar-refractivity contribution in [1.82, 2.24) is 19.7 Å². The normalized spacial score (nSPS) is 16.1. The standard InChI is InChI=1S/C21H26N6OS/c1-6-12(3)27-19-17(18(26-27)14-7-8-16(22-5)23-10-14)11(2)9-15-20(19)29-21(25-15)24-13(4)28/h7-8,10-12H,6,9H2,1-5H3,(H,22,23)(H,24,25,28). The highest BCUT2D eigenvalue weighted by atomic mass is 32.1. The third kappa shape index (κ3) is 3.42. The van der Waals surface area contributed by atoms with E-state index in [9.17, 15) is 4.79 Å². The van der Waals surface area contributed by atoms with E-state index in [2.05, 4.69) is 47.1 Å². The van der Waals surface area contributed by atoms with Gasteiger partial charge in [-0.05, 0) is 37.8 Å². The Kier molecular flexibility index (Phi) is 5.12. The fourth-order valence-corrected chi connectivity index (χ4v) is 4.89. The molecule has 3 aromatic rings. The van der Waals surface area contributed by atoms with Crippen molar-refractivity contribution in [3.63, 3.8) is 0 Å². The summed E-state index contributed by atoms with van der Waals surface area (Å²) in [6.07, 6.45) is 3.69. The van der Waals surface area contributed by atoms with Gasteiger partial charge in [-0.1, -0.05) is 25.2 Å². The summed E-state index contributed by atoms with van der Waals surface area (Å²) in [6.45, 7) is 8.09. The Morgan fingerprint density at radius 1 is 1.41 bits per heavy atom. The molecule has 0 aliphatic heterocycles. The number of thiazole rings is 1. The van der Waals surface area contributed by atoms with Crippen molar-refractivity contribution in [2.24, 2.45) is 0 Å². The van der Waals surface area contributed by atoms with Gasteiger partial charge in [-0.25, -0.2) is 9.97 Å². The van der Waals surface area contributed by atoms with Gasteiger partial charge in [0.25, 0.3) is 0 Å². The first kappa shape index (κ1) is 19.6. The van der Waals surface area contributed by atoms with Gasteiger partial charge in [0.1, 0.15) is 5.82 Å². The fraction of sp³-hybridized carbons (Fsp3) is 0.429. The molecule has 2 atom stereocenters. The van der Waals surface area contributed by atoms with Gasteiger partial charge in [0.15, 0.2) is 5.13 Å².